The standard InChI is InChI=1S/C12H22N4O2S/c1-9-5-4-6-16(10(9)2)19(17,18)12-11(7-13-3)8-14-15-12/h8-10,13H,4-7H2,1-3H3,(H,14,15). The maximum absolute atomic E-state index is 12.7. The van der Waals surface area contributed by atoms with Crippen LogP contribution in [0.25, 0.3) is 0 Å². The summed E-state index contributed by atoms with van der Waals surface area (Å²) in [7, 11) is -1.69. The topological polar surface area (TPSA) is 78.1 Å². The van der Waals surface area contributed by atoms with Crippen molar-refractivity contribution in [3.05, 3.63) is 11.8 Å². The highest BCUT2D eigenvalue weighted by molar-refractivity contribution is 7.89. The van der Waals surface area contributed by atoms with E-state index in [1.54, 1.807) is 17.5 Å². The van der Waals surface area contributed by atoms with E-state index in [4.69, 9.17) is 0 Å². The lowest BCUT2D eigenvalue weighted by molar-refractivity contribution is 0.201. The van der Waals surface area contributed by atoms with Crippen molar-refractivity contribution in [2.45, 2.75) is 44.3 Å². The van der Waals surface area contributed by atoms with Crippen molar-refractivity contribution in [1.82, 2.24) is 19.8 Å². The Labute approximate surface area is 114 Å². The van der Waals surface area contributed by atoms with E-state index in [1.807, 2.05) is 6.92 Å². The van der Waals surface area contributed by atoms with Gasteiger partial charge in [0.25, 0.3) is 10.0 Å². The minimum absolute atomic E-state index is 0.0319. The molecular formula is C12H22N4O2S. The van der Waals surface area contributed by atoms with Gasteiger partial charge in [-0.3, -0.25) is 5.10 Å². The summed E-state index contributed by atoms with van der Waals surface area (Å²) in [4.78, 5) is 0. The maximum atomic E-state index is 12.7. The fourth-order valence-electron chi connectivity index (χ4n) is 2.59. The third kappa shape index (κ3) is 2.68. The van der Waals surface area contributed by atoms with Crippen molar-refractivity contribution in [3.8, 4) is 0 Å². The summed E-state index contributed by atoms with van der Waals surface area (Å²) >= 11 is 0. The number of hydrogen-bond donors (Lipinski definition) is 2. The van der Waals surface area contributed by atoms with Crippen LogP contribution in [0.2, 0.25) is 0 Å². The lowest BCUT2D eigenvalue weighted by Gasteiger charge is -2.36. The summed E-state index contributed by atoms with van der Waals surface area (Å²) in [6.07, 6.45) is 3.57. The molecule has 2 unspecified atom stereocenters. The minimum atomic E-state index is -3.48. The molecule has 0 amide bonds. The molecular weight excluding hydrogens is 264 g/mol. The molecule has 0 bridgehead atoms. The molecule has 2 atom stereocenters. The van der Waals surface area contributed by atoms with E-state index in [2.05, 4.69) is 22.4 Å². The molecule has 7 heteroatoms. The molecule has 1 aliphatic rings. The lowest BCUT2D eigenvalue weighted by Crippen LogP contribution is -2.46. The van der Waals surface area contributed by atoms with Gasteiger partial charge in [0.1, 0.15) is 0 Å². The number of aromatic amines is 1. The van der Waals surface area contributed by atoms with Crippen LogP contribution in [0.15, 0.2) is 11.2 Å². The molecule has 108 valence electrons. The molecule has 0 aliphatic carbocycles. The van der Waals surface area contributed by atoms with Gasteiger partial charge in [-0.1, -0.05) is 6.92 Å². The summed E-state index contributed by atoms with van der Waals surface area (Å²) in [6.45, 7) is 5.16. The van der Waals surface area contributed by atoms with Crippen molar-refractivity contribution in [1.29, 1.82) is 0 Å². The van der Waals surface area contributed by atoms with Gasteiger partial charge in [-0.25, -0.2) is 8.42 Å². The smallest absolute Gasteiger partial charge is 0.260 e. The summed E-state index contributed by atoms with van der Waals surface area (Å²) < 4.78 is 27.1. The second kappa shape index (κ2) is 5.60. The SMILES string of the molecule is CNCc1cn[nH]c1S(=O)(=O)N1CCCC(C)C1C. The Bertz CT molecular complexity index is 526. The summed E-state index contributed by atoms with van der Waals surface area (Å²) in [6, 6.07) is 0.0319. The number of nitrogens with one attached hydrogen (secondary N) is 2. The molecule has 2 rings (SSSR count). The Morgan fingerprint density at radius 3 is 2.95 bits per heavy atom. The predicted octanol–water partition coefficient (Wildman–Crippen LogP) is 0.938. The van der Waals surface area contributed by atoms with Crippen LogP contribution in [-0.4, -0.2) is 42.6 Å². The highest BCUT2D eigenvalue weighted by Gasteiger charge is 2.36. The van der Waals surface area contributed by atoms with Gasteiger partial charge in [0.2, 0.25) is 0 Å². The molecule has 1 fully saturated rings. The molecule has 1 aromatic rings. The van der Waals surface area contributed by atoms with Gasteiger partial charge in [0, 0.05) is 24.7 Å². The Balaban J connectivity index is 2.33. The second-order valence-corrected chi connectivity index (χ2v) is 7.06. The number of hydrogen-bond acceptors (Lipinski definition) is 4. The van der Waals surface area contributed by atoms with Gasteiger partial charge < -0.3 is 5.32 Å². The van der Waals surface area contributed by atoms with Crippen molar-refractivity contribution < 1.29 is 8.42 Å². The van der Waals surface area contributed by atoms with Gasteiger partial charge in [-0.15, -0.1) is 0 Å². The van der Waals surface area contributed by atoms with Crippen molar-refractivity contribution in [2.75, 3.05) is 13.6 Å². The normalized spacial score (nSPS) is 25.6. The maximum Gasteiger partial charge on any atom is 0.260 e. The van der Waals surface area contributed by atoms with E-state index in [1.165, 1.54) is 0 Å². The third-order valence-electron chi connectivity index (χ3n) is 3.93. The monoisotopic (exact) mass is 286 g/mol. The average Bonchev–Trinajstić information content (AvgIpc) is 2.82. The van der Waals surface area contributed by atoms with Gasteiger partial charge in [0.05, 0.1) is 6.20 Å². The number of sulfonamides is 1. The van der Waals surface area contributed by atoms with E-state index in [-0.39, 0.29) is 11.1 Å². The first-order chi connectivity index (χ1) is 8.98. The van der Waals surface area contributed by atoms with E-state index < -0.39 is 10.0 Å². The first-order valence-corrected chi connectivity index (χ1v) is 8.11. The summed E-state index contributed by atoms with van der Waals surface area (Å²) in [5.74, 6) is 0.388. The van der Waals surface area contributed by atoms with Crippen molar-refractivity contribution in [2.24, 2.45) is 5.92 Å². The fourth-order valence-corrected chi connectivity index (χ4v) is 4.47. The molecule has 19 heavy (non-hydrogen) atoms. The van der Waals surface area contributed by atoms with Gasteiger partial charge in [-0.2, -0.15) is 9.40 Å². The minimum Gasteiger partial charge on any atom is -0.316 e. The van der Waals surface area contributed by atoms with Crippen molar-refractivity contribution in [3.63, 3.8) is 0 Å². The van der Waals surface area contributed by atoms with Crippen LogP contribution in [0, 0.1) is 5.92 Å². The number of rotatable bonds is 4. The molecule has 0 saturated carbocycles. The Kier molecular flexibility index (Phi) is 4.27. The number of aromatic nitrogens is 2. The number of piperidine rings is 1. The van der Waals surface area contributed by atoms with Crippen LogP contribution in [0.4, 0.5) is 0 Å². The molecule has 1 aliphatic heterocycles. The summed E-state index contributed by atoms with van der Waals surface area (Å²) in [5.41, 5.74) is 0.688. The zero-order chi connectivity index (χ0) is 14.0. The Morgan fingerprint density at radius 2 is 2.26 bits per heavy atom. The predicted molar refractivity (Wildman–Crippen MR) is 73.1 cm³/mol. The highest BCUT2D eigenvalue weighted by atomic mass is 32.2. The third-order valence-corrected chi connectivity index (χ3v) is 5.93. The lowest BCUT2D eigenvalue weighted by atomic mass is 9.94. The first-order valence-electron chi connectivity index (χ1n) is 6.67. The molecule has 0 aromatic carbocycles. The zero-order valence-corrected chi connectivity index (χ0v) is 12.5. The summed E-state index contributed by atoms with van der Waals surface area (Å²) in [5, 5.41) is 9.71. The largest absolute Gasteiger partial charge is 0.316 e. The van der Waals surface area contributed by atoms with Crippen LogP contribution in [0.3, 0.4) is 0 Å². The molecule has 6 nitrogen and oxygen atoms in total. The van der Waals surface area contributed by atoms with Crippen LogP contribution in [0.5, 0.6) is 0 Å². The van der Waals surface area contributed by atoms with E-state index in [0.717, 1.165) is 12.8 Å². The Hall–Kier alpha value is -0.920. The van der Waals surface area contributed by atoms with Gasteiger partial charge in [-0.05, 0) is 32.7 Å². The number of H-pyrrole nitrogens is 1. The molecule has 2 heterocycles. The molecule has 1 saturated heterocycles. The fraction of sp³-hybridized carbons (Fsp3) is 0.750. The molecule has 2 N–H and O–H groups in total. The molecule has 0 radical (unpaired) electrons. The number of nitrogens with zero attached hydrogens (tertiary/aromatic N) is 2. The van der Waals surface area contributed by atoms with E-state index >= 15 is 0 Å². The second-order valence-electron chi connectivity index (χ2n) is 5.23. The van der Waals surface area contributed by atoms with E-state index in [0.29, 0.717) is 24.6 Å². The quantitative estimate of drug-likeness (QED) is 0.863. The van der Waals surface area contributed by atoms with Crippen LogP contribution >= 0.6 is 0 Å². The average molecular weight is 286 g/mol. The Morgan fingerprint density at radius 1 is 1.53 bits per heavy atom. The molecule has 1 aromatic heterocycles. The van der Waals surface area contributed by atoms with E-state index in [9.17, 15) is 8.42 Å². The first kappa shape index (κ1) is 14.5. The van der Waals surface area contributed by atoms with Crippen LogP contribution in [0.1, 0.15) is 32.3 Å². The van der Waals surface area contributed by atoms with Gasteiger partial charge >= 0.3 is 0 Å². The van der Waals surface area contributed by atoms with Crippen LogP contribution < -0.4 is 5.32 Å². The highest BCUT2D eigenvalue weighted by Crippen LogP contribution is 2.29. The van der Waals surface area contributed by atoms with Crippen LogP contribution in [-0.2, 0) is 16.6 Å². The van der Waals surface area contributed by atoms with Gasteiger partial charge in [0.15, 0.2) is 5.03 Å². The molecule has 0 spiro atoms. The zero-order valence-electron chi connectivity index (χ0n) is 11.7. The van der Waals surface area contributed by atoms with Crippen molar-refractivity contribution >= 4 is 10.0 Å².